The number of carboxylic acid groups (broad SMARTS) is 1. The summed E-state index contributed by atoms with van der Waals surface area (Å²) < 4.78 is 0. The maximum Gasteiger partial charge on any atom is 0.335 e. The number of nitrogens with zero attached hydrogens (tertiary/aromatic N) is 3. The van der Waals surface area contributed by atoms with Gasteiger partial charge >= 0.3 is 5.97 Å². The number of carbonyl (C=O) groups is 1. The van der Waals surface area contributed by atoms with Gasteiger partial charge < -0.3 is 15.7 Å². The highest BCUT2D eigenvalue weighted by molar-refractivity contribution is 6.09. The summed E-state index contributed by atoms with van der Waals surface area (Å²) in [6, 6.07) is 13.3. The normalized spacial score (nSPS) is 13.6. The van der Waals surface area contributed by atoms with E-state index >= 15 is 0 Å². The van der Waals surface area contributed by atoms with Crippen molar-refractivity contribution in [3.63, 3.8) is 0 Å². The smallest absolute Gasteiger partial charge is 0.335 e. The fourth-order valence-corrected chi connectivity index (χ4v) is 3.33. The van der Waals surface area contributed by atoms with E-state index in [-0.39, 0.29) is 5.56 Å². The number of nitrogens with one attached hydrogen (secondary N) is 2. The number of pyridine rings is 1. The minimum atomic E-state index is -0.973. The number of hydrogen-bond donors (Lipinski definition) is 3. The predicted molar refractivity (Wildman–Crippen MR) is 113 cm³/mol. The molecule has 1 aliphatic carbocycles. The molecule has 0 radical (unpaired) electrons. The van der Waals surface area contributed by atoms with E-state index in [1.54, 1.807) is 24.4 Å². The minimum absolute atomic E-state index is 0.209. The molecule has 144 valence electrons. The van der Waals surface area contributed by atoms with Crippen LogP contribution in [0.2, 0.25) is 0 Å². The molecular formula is C22H19N5O2. The van der Waals surface area contributed by atoms with Gasteiger partial charge in [0.2, 0.25) is 5.95 Å². The first-order valence-electron chi connectivity index (χ1n) is 9.51. The number of aryl methyl sites for hydroxylation is 1. The number of fused-ring (bicyclic) bond motifs is 3. The van der Waals surface area contributed by atoms with Crippen LogP contribution in [0.1, 0.15) is 28.8 Å². The van der Waals surface area contributed by atoms with Gasteiger partial charge in [0.15, 0.2) is 5.82 Å². The summed E-state index contributed by atoms with van der Waals surface area (Å²) in [4.78, 5) is 25.3. The van der Waals surface area contributed by atoms with Gasteiger partial charge in [-0.3, -0.25) is 0 Å². The van der Waals surface area contributed by atoms with Gasteiger partial charge in [-0.05, 0) is 43.5 Å². The van der Waals surface area contributed by atoms with Crippen LogP contribution < -0.4 is 10.6 Å². The average molecular weight is 385 g/mol. The van der Waals surface area contributed by atoms with Crippen molar-refractivity contribution in [2.45, 2.75) is 25.8 Å². The van der Waals surface area contributed by atoms with E-state index in [0.717, 1.165) is 40.4 Å². The minimum Gasteiger partial charge on any atom is -0.478 e. The number of aromatic nitrogens is 3. The highest BCUT2D eigenvalue weighted by atomic mass is 16.4. The molecule has 0 atom stereocenters. The summed E-state index contributed by atoms with van der Waals surface area (Å²) in [6.45, 7) is 2.03. The number of anilines is 3. The highest BCUT2D eigenvalue weighted by Crippen LogP contribution is 2.32. The van der Waals surface area contributed by atoms with Gasteiger partial charge in [0.25, 0.3) is 0 Å². The average Bonchev–Trinajstić information content (AvgIpc) is 3.53. The van der Waals surface area contributed by atoms with E-state index in [0.29, 0.717) is 23.3 Å². The molecule has 7 nitrogen and oxygen atoms in total. The summed E-state index contributed by atoms with van der Waals surface area (Å²) >= 11 is 0. The Morgan fingerprint density at radius 2 is 1.93 bits per heavy atom. The van der Waals surface area contributed by atoms with E-state index in [2.05, 4.69) is 15.6 Å². The summed E-state index contributed by atoms with van der Waals surface area (Å²) in [5.74, 6) is 0.182. The van der Waals surface area contributed by atoms with Gasteiger partial charge in [0, 0.05) is 28.7 Å². The summed E-state index contributed by atoms with van der Waals surface area (Å²) in [7, 11) is 0. The topological polar surface area (TPSA) is 100 Å². The van der Waals surface area contributed by atoms with E-state index in [9.17, 15) is 9.90 Å². The lowest BCUT2D eigenvalue weighted by Crippen LogP contribution is -2.07. The molecule has 2 aromatic heterocycles. The van der Waals surface area contributed by atoms with Crippen molar-refractivity contribution in [1.82, 2.24) is 15.0 Å². The third kappa shape index (κ3) is 3.31. The van der Waals surface area contributed by atoms with E-state index in [1.807, 2.05) is 31.2 Å². The largest absolute Gasteiger partial charge is 0.478 e. The first kappa shape index (κ1) is 17.4. The number of hydrogen-bond acceptors (Lipinski definition) is 6. The Balaban J connectivity index is 1.66. The van der Waals surface area contributed by atoms with Crippen LogP contribution in [0.25, 0.3) is 21.8 Å². The molecule has 4 aromatic rings. The maximum absolute atomic E-state index is 11.4. The zero-order valence-electron chi connectivity index (χ0n) is 15.8. The van der Waals surface area contributed by atoms with Crippen molar-refractivity contribution >= 4 is 45.2 Å². The Morgan fingerprint density at radius 1 is 1.10 bits per heavy atom. The number of benzene rings is 2. The molecule has 1 aliphatic rings. The van der Waals surface area contributed by atoms with E-state index in [4.69, 9.17) is 9.97 Å². The van der Waals surface area contributed by atoms with Gasteiger partial charge in [0.1, 0.15) is 5.52 Å². The molecule has 2 aromatic carbocycles. The first-order valence-corrected chi connectivity index (χ1v) is 9.51. The Bertz CT molecular complexity index is 1270. The molecule has 29 heavy (non-hydrogen) atoms. The SMILES string of the molecule is Cc1ccccc1Nc1ncc2c(n1)c(NC1CC1)nc1cc(C(=O)O)ccc12. The van der Waals surface area contributed by atoms with Gasteiger partial charge in [-0.25, -0.2) is 19.7 Å². The van der Waals surface area contributed by atoms with Crippen molar-refractivity contribution in [3.8, 4) is 0 Å². The number of carboxylic acids is 1. The molecule has 0 bridgehead atoms. The van der Waals surface area contributed by atoms with Gasteiger partial charge in [-0.2, -0.15) is 0 Å². The second kappa shape index (κ2) is 6.70. The van der Waals surface area contributed by atoms with Crippen molar-refractivity contribution in [2.75, 3.05) is 10.6 Å². The van der Waals surface area contributed by atoms with Crippen LogP contribution >= 0.6 is 0 Å². The van der Waals surface area contributed by atoms with Crippen LogP contribution in [-0.2, 0) is 0 Å². The molecule has 0 aliphatic heterocycles. The summed E-state index contributed by atoms with van der Waals surface area (Å²) in [5, 5.41) is 17.7. The van der Waals surface area contributed by atoms with E-state index < -0.39 is 5.97 Å². The molecule has 0 saturated heterocycles. The summed E-state index contributed by atoms with van der Waals surface area (Å²) in [5.41, 5.74) is 3.59. The molecule has 0 amide bonds. The van der Waals surface area contributed by atoms with Crippen molar-refractivity contribution < 1.29 is 9.90 Å². The molecule has 7 heteroatoms. The summed E-state index contributed by atoms with van der Waals surface area (Å²) in [6.07, 6.45) is 3.96. The first-order chi connectivity index (χ1) is 14.1. The Hall–Kier alpha value is -3.74. The molecule has 3 N–H and O–H groups in total. The molecule has 5 rings (SSSR count). The van der Waals surface area contributed by atoms with E-state index in [1.165, 1.54) is 0 Å². The molecule has 2 heterocycles. The fourth-order valence-electron chi connectivity index (χ4n) is 3.33. The van der Waals surface area contributed by atoms with Gasteiger partial charge in [0.05, 0.1) is 11.1 Å². The Kier molecular flexibility index (Phi) is 4.01. The zero-order chi connectivity index (χ0) is 20.0. The molecule has 0 unspecified atom stereocenters. The van der Waals surface area contributed by atoms with Crippen molar-refractivity contribution in [2.24, 2.45) is 0 Å². The zero-order valence-corrected chi connectivity index (χ0v) is 15.8. The van der Waals surface area contributed by atoms with Gasteiger partial charge in [-0.15, -0.1) is 0 Å². The lowest BCUT2D eigenvalue weighted by molar-refractivity contribution is 0.0697. The fraction of sp³-hybridized carbons (Fsp3) is 0.182. The molecular weight excluding hydrogens is 366 g/mol. The third-order valence-electron chi connectivity index (χ3n) is 5.09. The monoisotopic (exact) mass is 385 g/mol. The molecule has 1 saturated carbocycles. The van der Waals surface area contributed by atoms with Crippen LogP contribution in [0.5, 0.6) is 0 Å². The number of para-hydroxylation sites is 1. The highest BCUT2D eigenvalue weighted by Gasteiger charge is 2.23. The van der Waals surface area contributed by atoms with Crippen molar-refractivity contribution in [3.05, 3.63) is 59.8 Å². The standard InChI is InChI=1S/C22H19N5O2/c1-12-4-2-3-5-17(12)26-22-23-11-16-15-9-6-13(21(28)29)10-18(15)25-20(19(16)27-22)24-14-7-8-14/h2-6,9-11,14H,7-8H2,1H3,(H,24,25)(H,28,29)(H,23,26,27). The number of rotatable bonds is 5. The maximum atomic E-state index is 11.4. The van der Waals surface area contributed by atoms with Crippen LogP contribution in [0.4, 0.5) is 17.5 Å². The van der Waals surface area contributed by atoms with Gasteiger partial charge in [-0.1, -0.05) is 24.3 Å². The van der Waals surface area contributed by atoms with Crippen LogP contribution in [-0.4, -0.2) is 32.1 Å². The third-order valence-corrected chi connectivity index (χ3v) is 5.09. The van der Waals surface area contributed by atoms with Crippen LogP contribution in [0.15, 0.2) is 48.7 Å². The second-order valence-corrected chi connectivity index (χ2v) is 7.31. The predicted octanol–water partition coefficient (Wildman–Crippen LogP) is 4.50. The second-order valence-electron chi connectivity index (χ2n) is 7.31. The lowest BCUT2D eigenvalue weighted by Gasteiger charge is -2.13. The quantitative estimate of drug-likeness (QED) is 0.435. The Labute approximate surface area is 166 Å². The molecule has 0 spiro atoms. The van der Waals surface area contributed by atoms with Crippen LogP contribution in [0.3, 0.4) is 0 Å². The van der Waals surface area contributed by atoms with Crippen molar-refractivity contribution in [1.29, 1.82) is 0 Å². The number of aromatic carboxylic acids is 1. The lowest BCUT2D eigenvalue weighted by atomic mass is 10.1. The van der Waals surface area contributed by atoms with Crippen LogP contribution in [0, 0.1) is 6.92 Å². The molecule has 1 fully saturated rings. The Morgan fingerprint density at radius 3 is 2.69 bits per heavy atom.